The maximum atomic E-state index is 12.3. The average molecular weight is 347 g/mol. The molecule has 0 amide bonds. The summed E-state index contributed by atoms with van der Waals surface area (Å²) < 4.78 is 11.4. The summed E-state index contributed by atoms with van der Waals surface area (Å²) in [5.41, 5.74) is 1.56. The minimum absolute atomic E-state index is 0.0467. The molecule has 0 N–H and O–H groups in total. The lowest BCUT2D eigenvalue weighted by molar-refractivity contribution is -0.152. The van der Waals surface area contributed by atoms with Crippen LogP contribution >= 0.6 is 11.8 Å². The van der Waals surface area contributed by atoms with Crippen LogP contribution in [0.4, 0.5) is 0 Å². The fraction of sp³-hybridized carbons (Fsp3) is 0.579. The van der Waals surface area contributed by atoms with E-state index >= 15 is 0 Å². The third kappa shape index (κ3) is 4.12. The molecule has 0 aliphatic heterocycles. The highest BCUT2D eigenvalue weighted by Gasteiger charge is 2.33. The van der Waals surface area contributed by atoms with Gasteiger partial charge in [0, 0.05) is 0 Å². The Labute approximate surface area is 147 Å². The largest absolute Gasteiger partial charge is 0.461 e. The van der Waals surface area contributed by atoms with Gasteiger partial charge in [0.1, 0.15) is 17.4 Å². The van der Waals surface area contributed by atoms with E-state index in [0.717, 1.165) is 23.9 Å². The van der Waals surface area contributed by atoms with Crippen molar-refractivity contribution in [3.8, 4) is 0 Å². The van der Waals surface area contributed by atoms with Gasteiger partial charge in [-0.2, -0.15) is 0 Å². The Balaban J connectivity index is 1.56. The van der Waals surface area contributed by atoms with Gasteiger partial charge in [0.15, 0.2) is 5.58 Å². The zero-order valence-corrected chi connectivity index (χ0v) is 15.3. The number of fused-ring (bicyclic) bond motifs is 1. The molecule has 24 heavy (non-hydrogen) atoms. The molecule has 130 valence electrons. The van der Waals surface area contributed by atoms with Gasteiger partial charge in [-0.25, -0.2) is 4.98 Å². The molecule has 0 unspecified atom stereocenters. The summed E-state index contributed by atoms with van der Waals surface area (Å²) in [6.07, 6.45) is 3.40. The molecule has 0 bridgehead atoms. The highest BCUT2D eigenvalue weighted by atomic mass is 32.2. The van der Waals surface area contributed by atoms with Crippen LogP contribution in [0.1, 0.15) is 40.0 Å². The van der Waals surface area contributed by atoms with Crippen LogP contribution in [0, 0.1) is 17.8 Å². The van der Waals surface area contributed by atoms with Gasteiger partial charge < -0.3 is 9.15 Å². The molecule has 1 heterocycles. The Bertz CT molecular complexity index is 664. The number of benzene rings is 1. The molecule has 1 aliphatic rings. The summed E-state index contributed by atoms with van der Waals surface area (Å²) in [6.45, 7) is 6.67. The van der Waals surface area contributed by atoms with Crippen molar-refractivity contribution in [2.24, 2.45) is 17.8 Å². The number of hydrogen-bond donors (Lipinski definition) is 0. The molecular formula is C19H25NO3S. The Hall–Kier alpha value is -1.49. The Kier molecular flexibility index (Phi) is 5.49. The number of ether oxygens (including phenoxy) is 1. The predicted octanol–water partition coefficient (Wildman–Crippen LogP) is 4.92. The molecule has 1 aromatic carbocycles. The molecule has 3 atom stereocenters. The van der Waals surface area contributed by atoms with Gasteiger partial charge >= 0.3 is 5.97 Å². The molecule has 0 spiro atoms. The van der Waals surface area contributed by atoms with Crippen molar-refractivity contribution in [3.63, 3.8) is 0 Å². The first-order valence-corrected chi connectivity index (χ1v) is 9.69. The molecule has 4 nitrogen and oxygen atoms in total. The number of esters is 1. The van der Waals surface area contributed by atoms with E-state index in [4.69, 9.17) is 9.15 Å². The summed E-state index contributed by atoms with van der Waals surface area (Å²) in [5, 5.41) is 0.519. The van der Waals surface area contributed by atoms with E-state index < -0.39 is 0 Å². The van der Waals surface area contributed by atoms with Crippen molar-refractivity contribution < 1.29 is 13.9 Å². The fourth-order valence-electron chi connectivity index (χ4n) is 3.49. The van der Waals surface area contributed by atoms with Gasteiger partial charge in [-0.15, -0.1) is 0 Å². The number of aromatic nitrogens is 1. The lowest BCUT2D eigenvalue weighted by atomic mass is 9.75. The maximum Gasteiger partial charge on any atom is 0.316 e. The molecule has 5 heteroatoms. The van der Waals surface area contributed by atoms with E-state index in [1.807, 2.05) is 24.3 Å². The summed E-state index contributed by atoms with van der Waals surface area (Å²) in [5.74, 6) is 1.71. The second-order valence-corrected chi connectivity index (χ2v) is 8.02. The standard InChI is InChI=1S/C19H25NO3S/c1-12(2)14-9-8-13(3)10-17(14)22-18(21)11-24-19-20-15-6-4-5-7-16(15)23-19/h4-7,12-14,17H,8-11H2,1-3H3/t13-,14+,17-/m1/s1. The van der Waals surface area contributed by atoms with Crippen molar-refractivity contribution in [2.45, 2.75) is 51.4 Å². The van der Waals surface area contributed by atoms with Crippen molar-refractivity contribution >= 4 is 28.8 Å². The lowest BCUT2D eigenvalue weighted by Gasteiger charge is -2.36. The topological polar surface area (TPSA) is 52.3 Å². The number of oxazole rings is 1. The van der Waals surface area contributed by atoms with Gasteiger partial charge in [0.05, 0.1) is 0 Å². The third-order valence-corrected chi connectivity index (χ3v) is 5.63. The van der Waals surface area contributed by atoms with E-state index in [0.29, 0.717) is 23.0 Å². The van der Waals surface area contributed by atoms with Crippen molar-refractivity contribution in [2.75, 3.05) is 5.75 Å². The summed E-state index contributed by atoms with van der Waals surface area (Å²) in [4.78, 5) is 16.6. The van der Waals surface area contributed by atoms with Crippen LogP contribution in [-0.2, 0) is 9.53 Å². The highest BCUT2D eigenvalue weighted by Crippen LogP contribution is 2.35. The number of para-hydroxylation sites is 2. The quantitative estimate of drug-likeness (QED) is 0.567. The SMILES string of the molecule is CC(C)[C@@H]1CC[C@@H](C)C[C@H]1OC(=O)CSc1nc2ccccc2o1. The van der Waals surface area contributed by atoms with E-state index in [-0.39, 0.29) is 17.8 Å². The van der Waals surface area contributed by atoms with Crippen molar-refractivity contribution in [3.05, 3.63) is 24.3 Å². The van der Waals surface area contributed by atoms with Crippen LogP contribution < -0.4 is 0 Å². The van der Waals surface area contributed by atoms with Crippen LogP contribution in [0.5, 0.6) is 0 Å². The Morgan fingerprint density at radius 2 is 2.17 bits per heavy atom. The predicted molar refractivity (Wildman–Crippen MR) is 96.0 cm³/mol. The van der Waals surface area contributed by atoms with Gasteiger partial charge in [0.2, 0.25) is 0 Å². The number of carbonyl (C=O) groups excluding carboxylic acids is 1. The maximum absolute atomic E-state index is 12.3. The minimum atomic E-state index is -0.174. The van der Waals surface area contributed by atoms with Crippen LogP contribution in [-0.4, -0.2) is 22.8 Å². The van der Waals surface area contributed by atoms with Gasteiger partial charge in [-0.1, -0.05) is 51.1 Å². The summed E-state index contributed by atoms with van der Waals surface area (Å²) in [7, 11) is 0. The zero-order valence-electron chi connectivity index (χ0n) is 14.5. The van der Waals surface area contributed by atoms with Crippen LogP contribution in [0.25, 0.3) is 11.1 Å². The Morgan fingerprint density at radius 1 is 1.38 bits per heavy atom. The number of nitrogens with zero attached hydrogens (tertiary/aromatic N) is 1. The van der Waals surface area contributed by atoms with Gasteiger partial charge in [0.25, 0.3) is 5.22 Å². The fourth-order valence-corrected chi connectivity index (χ4v) is 4.11. The van der Waals surface area contributed by atoms with E-state index in [2.05, 4.69) is 25.8 Å². The molecule has 0 saturated heterocycles. The first-order valence-electron chi connectivity index (χ1n) is 8.70. The smallest absolute Gasteiger partial charge is 0.316 e. The van der Waals surface area contributed by atoms with Crippen molar-refractivity contribution in [1.29, 1.82) is 0 Å². The second-order valence-electron chi connectivity index (χ2n) is 7.09. The normalized spacial score (nSPS) is 24.4. The molecule has 1 fully saturated rings. The number of thioether (sulfide) groups is 1. The molecule has 1 saturated carbocycles. The van der Waals surface area contributed by atoms with Crippen molar-refractivity contribution in [1.82, 2.24) is 4.98 Å². The molecule has 0 radical (unpaired) electrons. The molecular weight excluding hydrogens is 322 g/mol. The molecule has 1 aromatic heterocycles. The van der Waals surface area contributed by atoms with Crippen LogP contribution in [0.2, 0.25) is 0 Å². The Morgan fingerprint density at radius 3 is 2.92 bits per heavy atom. The van der Waals surface area contributed by atoms with E-state index in [1.54, 1.807) is 0 Å². The number of carbonyl (C=O) groups is 1. The molecule has 1 aliphatic carbocycles. The van der Waals surface area contributed by atoms with E-state index in [1.165, 1.54) is 18.2 Å². The van der Waals surface area contributed by atoms with E-state index in [9.17, 15) is 4.79 Å². The lowest BCUT2D eigenvalue weighted by Crippen LogP contribution is -2.36. The molecule has 3 rings (SSSR count). The first kappa shape index (κ1) is 17.3. The number of rotatable bonds is 5. The first-order chi connectivity index (χ1) is 11.5. The second kappa shape index (κ2) is 7.60. The third-order valence-electron chi connectivity index (χ3n) is 4.83. The monoisotopic (exact) mass is 347 g/mol. The zero-order chi connectivity index (χ0) is 17.1. The summed E-state index contributed by atoms with van der Waals surface area (Å²) in [6, 6.07) is 7.61. The van der Waals surface area contributed by atoms with Crippen LogP contribution in [0.15, 0.2) is 33.9 Å². The van der Waals surface area contributed by atoms with Gasteiger partial charge in [-0.3, -0.25) is 4.79 Å². The minimum Gasteiger partial charge on any atom is -0.461 e. The average Bonchev–Trinajstić information content (AvgIpc) is 2.95. The number of hydrogen-bond acceptors (Lipinski definition) is 5. The highest BCUT2D eigenvalue weighted by molar-refractivity contribution is 7.99. The molecule has 2 aromatic rings. The van der Waals surface area contributed by atoms with Gasteiger partial charge in [-0.05, 0) is 42.7 Å². The summed E-state index contributed by atoms with van der Waals surface area (Å²) >= 11 is 1.30. The van der Waals surface area contributed by atoms with Crippen LogP contribution in [0.3, 0.4) is 0 Å².